The van der Waals surface area contributed by atoms with Crippen LogP contribution in [0.4, 0.5) is 5.82 Å². The number of anilines is 1. The molecule has 0 aliphatic heterocycles. The predicted molar refractivity (Wildman–Crippen MR) is 62.3 cm³/mol. The minimum atomic E-state index is 0.0142. The lowest BCUT2D eigenvalue weighted by Gasteiger charge is -2.04. The van der Waals surface area contributed by atoms with Gasteiger partial charge >= 0.3 is 4.87 Å². The largest absolute Gasteiger partial charge is 0.307 e. The number of thiazole rings is 1. The Morgan fingerprint density at radius 1 is 1.50 bits per heavy atom. The van der Waals surface area contributed by atoms with Crippen LogP contribution in [0.2, 0.25) is 0 Å². The second-order valence-electron chi connectivity index (χ2n) is 3.27. The van der Waals surface area contributed by atoms with Crippen LogP contribution in [0.15, 0.2) is 22.6 Å². The van der Waals surface area contributed by atoms with Crippen molar-refractivity contribution in [1.29, 1.82) is 0 Å². The molecular formula is C9H11N5OS. The van der Waals surface area contributed by atoms with Crippen LogP contribution in [-0.2, 0) is 6.54 Å². The lowest BCUT2D eigenvalue weighted by molar-refractivity contribution is 0.731. The number of hydrogen-bond donors (Lipinski definition) is 2. The summed E-state index contributed by atoms with van der Waals surface area (Å²) in [6, 6.07) is 0. The van der Waals surface area contributed by atoms with Gasteiger partial charge in [0.25, 0.3) is 0 Å². The lowest BCUT2D eigenvalue weighted by atomic mass is 10.4. The molecule has 0 saturated heterocycles. The first-order valence-electron chi connectivity index (χ1n) is 4.63. The van der Waals surface area contributed by atoms with Gasteiger partial charge in [0.15, 0.2) is 5.82 Å². The van der Waals surface area contributed by atoms with E-state index in [2.05, 4.69) is 15.4 Å². The van der Waals surface area contributed by atoms with Crippen LogP contribution >= 0.6 is 11.3 Å². The van der Waals surface area contributed by atoms with E-state index in [1.807, 2.05) is 12.3 Å². The summed E-state index contributed by atoms with van der Waals surface area (Å²) < 4.78 is 1.66. The number of nitrogen functional groups attached to an aromatic ring is 1. The molecule has 0 bridgehead atoms. The SMILES string of the molecule is Cc1csc(=O)n1Cc1cnc(NN)cn1. The number of nitrogens with two attached hydrogens (primary N) is 1. The van der Waals surface area contributed by atoms with Gasteiger partial charge in [-0.3, -0.25) is 14.3 Å². The molecule has 6 nitrogen and oxygen atoms in total. The molecule has 0 fully saturated rings. The van der Waals surface area contributed by atoms with Crippen molar-refractivity contribution in [2.45, 2.75) is 13.5 Å². The van der Waals surface area contributed by atoms with E-state index >= 15 is 0 Å². The molecule has 0 spiro atoms. The van der Waals surface area contributed by atoms with Gasteiger partial charge in [-0.25, -0.2) is 10.8 Å². The highest BCUT2D eigenvalue weighted by molar-refractivity contribution is 7.07. The maximum Gasteiger partial charge on any atom is 0.307 e. The molecule has 16 heavy (non-hydrogen) atoms. The van der Waals surface area contributed by atoms with Crippen molar-refractivity contribution in [3.05, 3.63) is 38.8 Å². The van der Waals surface area contributed by atoms with E-state index in [1.165, 1.54) is 17.5 Å². The zero-order valence-corrected chi connectivity index (χ0v) is 9.49. The highest BCUT2D eigenvalue weighted by Crippen LogP contribution is 2.04. The highest BCUT2D eigenvalue weighted by atomic mass is 32.1. The number of aryl methyl sites for hydroxylation is 1. The van der Waals surface area contributed by atoms with Gasteiger partial charge in [0, 0.05) is 11.1 Å². The number of rotatable bonds is 3. The summed E-state index contributed by atoms with van der Waals surface area (Å²) in [6.07, 6.45) is 3.13. The normalized spacial score (nSPS) is 10.4. The van der Waals surface area contributed by atoms with E-state index in [-0.39, 0.29) is 4.87 Å². The molecule has 0 unspecified atom stereocenters. The van der Waals surface area contributed by atoms with Crippen molar-refractivity contribution in [2.24, 2.45) is 5.84 Å². The Hall–Kier alpha value is -1.73. The van der Waals surface area contributed by atoms with Crippen molar-refractivity contribution in [1.82, 2.24) is 14.5 Å². The van der Waals surface area contributed by atoms with Crippen LogP contribution in [0, 0.1) is 6.92 Å². The summed E-state index contributed by atoms with van der Waals surface area (Å²) in [5, 5.41) is 1.82. The third-order valence-corrected chi connectivity index (χ3v) is 3.03. The lowest BCUT2D eigenvalue weighted by Crippen LogP contribution is -2.16. The molecule has 2 aromatic heterocycles. The molecule has 2 rings (SSSR count). The number of hydrazine groups is 1. The fourth-order valence-electron chi connectivity index (χ4n) is 1.27. The molecule has 0 amide bonds. The van der Waals surface area contributed by atoms with E-state index < -0.39 is 0 Å². The van der Waals surface area contributed by atoms with E-state index in [0.29, 0.717) is 12.4 Å². The van der Waals surface area contributed by atoms with Crippen molar-refractivity contribution < 1.29 is 0 Å². The first kappa shape index (κ1) is 10.8. The van der Waals surface area contributed by atoms with Crippen LogP contribution < -0.4 is 16.1 Å². The number of aromatic nitrogens is 3. The van der Waals surface area contributed by atoms with Crippen LogP contribution in [0.3, 0.4) is 0 Å². The number of hydrogen-bond acceptors (Lipinski definition) is 6. The summed E-state index contributed by atoms with van der Waals surface area (Å²) in [6.45, 7) is 2.33. The zero-order chi connectivity index (χ0) is 11.5. The topological polar surface area (TPSA) is 85.8 Å². The molecule has 0 aliphatic rings. The van der Waals surface area contributed by atoms with Crippen molar-refractivity contribution in [2.75, 3.05) is 5.43 Å². The molecule has 3 N–H and O–H groups in total. The molecule has 0 aromatic carbocycles. The Morgan fingerprint density at radius 3 is 2.81 bits per heavy atom. The molecule has 0 radical (unpaired) electrons. The van der Waals surface area contributed by atoms with Gasteiger partial charge in [-0.2, -0.15) is 0 Å². The van der Waals surface area contributed by atoms with E-state index in [1.54, 1.807) is 10.8 Å². The Balaban J connectivity index is 2.24. The first-order chi connectivity index (χ1) is 7.70. The Kier molecular flexibility index (Phi) is 2.97. The maximum atomic E-state index is 11.5. The van der Waals surface area contributed by atoms with Gasteiger partial charge in [-0.05, 0) is 6.92 Å². The molecule has 0 saturated carbocycles. The third-order valence-electron chi connectivity index (χ3n) is 2.15. The fraction of sp³-hybridized carbons (Fsp3) is 0.222. The Morgan fingerprint density at radius 2 is 2.31 bits per heavy atom. The van der Waals surface area contributed by atoms with Gasteiger partial charge in [-0.1, -0.05) is 11.3 Å². The summed E-state index contributed by atoms with van der Waals surface area (Å²) in [5.41, 5.74) is 4.05. The van der Waals surface area contributed by atoms with E-state index in [9.17, 15) is 4.79 Å². The minimum absolute atomic E-state index is 0.0142. The van der Waals surface area contributed by atoms with Gasteiger partial charge in [0.05, 0.1) is 24.6 Å². The highest BCUT2D eigenvalue weighted by Gasteiger charge is 2.04. The molecule has 7 heteroatoms. The quantitative estimate of drug-likeness (QED) is 0.594. The van der Waals surface area contributed by atoms with Gasteiger partial charge in [0.2, 0.25) is 0 Å². The molecule has 2 heterocycles. The molecule has 0 atom stereocenters. The van der Waals surface area contributed by atoms with E-state index in [4.69, 9.17) is 5.84 Å². The van der Waals surface area contributed by atoms with Gasteiger partial charge < -0.3 is 5.43 Å². The average Bonchev–Trinajstić information content (AvgIpc) is 2.62. The monoisotopic (exact) mass is 237 g/mol. The van der Waals surface area contributed by atoms with Crippen LogP contribution in [0.5, 0.6) is 0 Å². The second kappa shape index (κ2) is 4.42. The minimum Gasteiger partial charge on any atom is -0.307 e. The predicted octanol–water partition coefficient (Wildman–Crippen LogP) is 0.342. The molecule has 2 aromatic rings. The Bertz CT molecular complexity index is 530. The number of nitrogens with one attached hydrogen (secondary N) is 1. The fourth-order valence-corrected chi connectivity index (χ4v) is 2.00. The van der Waals surface area contributed by atoms with Gasteiger partial charge in [0.1, 0.15) is 0 Å². The zero-order valence-electron chi connectivity index (χ0n) is 8.67. The summed E-state index contributed by atoms with van der Waals surface area (Å²) in [7, 11) is 0. The van der Waals surface area contributed by atoms with E-state index in [0.717, 1.165) is 11.4 Å². The standard InChI is InChI=1S/C9H11N5OS/c1-6-5-16-9(15)14(6)4-7-2-12-8(13-10)3-11-7/h2-3,5H,4,10H2,1H3,(H,12,13). The van der Waals surface area contributed by atoms with Crippen molar-refractivity contribution in [3.63, 3.8) is 0 Å². The van der Waals surface area contributed by atoms with Crippen LogP contribution in [0.25, 0.3) is 0 Å². The average molecular weight is 237 g/mol. The summed E-state index contributed by atoms with van der Waals surface area (Å²) in [5.74, 6) is 5.68. The van der Waals surface area contributed by atoms with Crippen LogP contribution in [-0.4, -0.2) is 14.5 Å². The second-order valence-corrected chi connectivity index (χ2v) is 4.09. The molecule has 0 aliphatic carbocycles. The third kappa shape index (κ3) is 2.10. The smallest absolute Gasteiger partial charge is 0.307 e. The molecule has 84 valence electrons. The first-order valence-corrected chi connectivity index (χ1v) is 5.51. The van der Waals surface area contributed by atoms with Crippen molar-refractivity contribution in [3.8, 4) is 0 Å². The van der Waals surface area contributed by atoms with Gasteiger partial charge in [-0.15, -0.1) is 0 Å². The maximum absolute atomic E-state index is 11.5. The summed E-state index contributed by atoms with van der Waals surface area (Å²) in [4.78, 5) is 19.7. The van der Waals surface area contributed by atoms with Crippen molar-refractivity contribution >= 4 is 17.2 Å². The summed E-state index contributed by atoms with van der Waals surface area (Å²) >= 11 is 1.18. The molecular weight excluding hydrogens is 226 g/mol. The van der Waals surface area contributed by atoms with Crippen LogP contribution in [0.1, 0.15) is 11.4 Å². The Labute approximate surface area is 95.7 Å². The number of nitrogens with zero attached hydrogens (tertiary/aromatic N) is 3.